The second-order valence-electron chi connectivity index (χ2n) is 5.53. The zero-order valence-electron chi connectivity index (χ0n) is 13.7. The van der Waals surface area contributed by atoms with Crippen molar-refractivity contribution in [3.05, 3.63) is 51.6 Å². The average molecular weight is 318 g/mol. The van der Waals surface area contributed by atoms with Crippen molar-refractivity contribution in [1.82, 2.24) is 9.13 Å². The molecule has 1 aromatic carbocycles. The van der Waals surface area contributed by atoms with Crippen molar-refractivity contribution in [1.29, 1.82) is 0 Å². The van der Waals surface area contributed by atoms with Crippen LogP contribution in [0.25, 0.3) is 0 Å². The molecule has 0 saturated heterocycles. The van der Waals surface area contributed by atoms with Gasteiger partial charge in [-0.15, -0.1) is 0 Å². The Morgan fingerprint density at radius 2 is 1.87 bits per heavy atom. The highest BCUT2D eigenvalue weighted by atomic mass is 16.5. The van der Waals surface area contributed by atoms with Crippen molar-refractivity contribution in [3.8, 4) is 5.88 Å². The van der Waals surface area contributed by atoms with E-state index in [2.05, 4.69) is 4.74 Å². The average Bonchev–Trinajstić information content (AvgIpc) is 2.75. The van der Waals surface area contributed by atoms with E-state index >= 15 is 0 Å². The predicted molar refractivity (Wildman–Crippen MR) is 86.6 cm³/mol. The van der Waals surface area contributed by atoms with Crippen LogP contribution in [0, 0.1) is 6.92 Å². The number of benzene rings is 1. The minimum Gasteiger partial charge on any atom is -0.493 e. The largest absolute Gasteiger partial charge is 0.493 e. The minimum absolute atomic E-state index is 0.127. The molecule has 23 heavy (non-hydrogen) atoms. The van der Waals surface area contributed by atoms with Crippen LogP contribution in [0.1, 0.15) is 30.2 Å². The van der Waals surface area contributed by atoms with E-state index in [1.807, 2.05) is 38.1 Å². The topological polar surface area (TPSA) is 73.5 Å². The van der Waals surface area contributed by atoms with E-state index in [0.717, 1.165) is 17.5 Å². The third kappa shape index (κ3) is 3.64. The number of aryl methyl sites for hydroxylation is 1. The fourth-order valence-electron chi connectivity index (χ4n) is 2.48. The van der Waals surface area contributed by atoms with Crippen LogP contribution in [-0.2, 0) is 29.0 Å². The summed E-state index contributed by atoms with van der Waals surface area (Å²) in [5.41, 5.74) is 2.02. The molecule has 0 radical (unpaired) electrons. The number of ether oxygens (including phenoxy) is 1. The molecule has 2 aromatic rings. The van der Waals surface area contributed by atoms with Gasteiger partial charge in [0.1, 0.15) is 0 Å². The van der Waals surface area contributed by atoms with Gasteiger partial charge in [-0.3, -0.25) is 13.9 Å². The van der Waals surface area contributed by atoms with Gasteiger partial charge in [-0.25, -0.2) is 4.79 Å². The van der Waals surface area contributed by atoms with E-state index in [4.69, 9.17) is 0 Å². The number of nitrogens with zero attached hydrogens (tertiary/aromatic N) is 2. The first-order chi connectivity index (χ1) is 11.0. The fourth-order valence-corrected chi connectivity index (χ4v) is 2.48. The maximum atomic E-state index is 12.6. The maximum absolute atomic E-state index is 12.6. The lowest BCUT2D eigenvalue weighted by atomic mass is 10.1. The number of imidazole rings is 1. The van der Waals surface area contributed by atoms with Gasteiger partial charge in [0.2, 0.25) is 5.88 Å². The van der Waals surface area contributed by atoms with Gasteiger partial charge in [0.05, 0.1) is 25.8 Å². The number of aromatic hydroxyl groups is 1. The van der Waals surface area contributed by atoms with Gasteiger partial charge < -0.3 is 9.84 Å². The molecule has 0 aliphatic rings. The van der Waals surface area contributed by atoms with Crippen molar-refractivity contribution >= 4 is 5.97 Å². The molecule has 0 spiro atoms. The summed E-state index contributed by atoms with van der Waals surface area (Å²) in [6, 6.07) is 7.74. The fraction of sp³-hybridized carbons (Fsp3) is 0.412. The highest BCUT2D eigenvalue weighted by Crippen LogP contribution is 2.19. The van der Waals surface area contributed by atoms with Crippen LogP contribution in [0.4, 0.5) is 0 Å². The van der Waals surface area contributed by atoms with Crippen LogP contribution in [0.5, 0.6) is 5.88 Å². The molecule has 6 heteroatoms. The summed E-state index contributed by atoms with van der Waals surface area (Å²) in [7, 11) is 1.28. The molecule has 0 aliphatic heterocycles. The van der Waals surface area contributed by atoms with Gasteiger partial charge in [-0.05, 0) is 18.9 Å². The highest BCUT2D eigenvalue weighted by molar-refractivity contribution is 5.72. The van der Waals surface area contributed by atoms with Crippen molar-refractivity contribution in [2.75, 3.05) is 7.11 Å². The zero-order chi connectivity index (χ0) is 17.0. The number of methoxy groups -OCH3 is 1. The van der Waals surface area contributed by atoms with E-state index in [-0.39, 0.29) is 24.5 Å². The summed E-state index contributed by atoms with van der Waals surface area (Å²) < 4.78 is 7.38. The Morgan fingerprint density at radius 1 is 1.22 bits per heavy atom. The van der Waals surface area contributed by atoms with E-state index in [0.29, 0.717) is 12.2 Å². The molecule has 0 aliphatic carbocycles. The van der Waals surface area contributed by atoms with Gasteiger partial charge in [-0.2, -0.15) is 0 Å². The van der Waals surface area contributed by atoms with Gasteiger partial charge in [0.25, 0.3) is 0 Å². The first kappa shape index (κ1) is 16.9. The number of carbonyl (C=O) groups is 1. The first-order valence-corrected chi connectivity index (χ1v) is 7.61. The molecule has 0 fully saturated rings. The number of esters is 1. The molecule has 0 unspecified atom stereocenters. The molecule has 0 bridgehead atoms. The standard InChI is InChI=1S/C17H22N2O4/c1-4-9-18-14(10-15(20)23-3)16(21)19(17(18)22)11-13-7-5-12(2)6-8-13/h5-8,21H,4,9-11H2,1-3H3. The van der Waals surface area contributed by atoms with Crippen LogP contribution in [0.2, 0.25) is 0 Å². The van der Waals surface area contributed by atoms with Crippen molar-refractivity contribution in [2.45, 2.75) is 39.8 Å². The molecule has 1 heterocycles. The zero-order valence-corrected chi connectivity index (χ0v) is 13.7. The third-order valence-electron chi connectivity index (χ3n) is 3.75. The molecule has 124 valence electrons. The van der Waals surface area contributed by atoms with Crippen molar-refractivity contribution in [3.63, 3.8) is 0 Å². The van der Waals surface area contributed by atoms with Crippen LogP contribution in [0.3, 0.4) is 0 Å². The molecule has 0 amide bonds. The lowest BCUT2D eigenvalue weighted by Crippen LogP contribution is -2.26. The van der Waals surface area contributed by atoms with Gasteiger partial charge >= 0.3 is 11.7 Å². The summed E-state index contributed by atoms with van der Waals surface area (Å²) >= 11 is 0. The Kier molecular flexibility index (Phi) is 5.26. The molecular formula is C17H22N2O4. The Hall–Kier alpha value is -2.50. The number of carbonyl (C=O) groups excluding carboxylic acids is 1. The SMILES string of the molecule is CCCn1c(CC(=O)OC)c(O)n(Cc2ccc(C)cc2)c1=O. The van der Waals surface area contributed by atoms with Crippen LogP contribution < -0.4 is 5.69 Å². The number of hydrogen-bond acceptors (Lipinski definition) is 4. The second-order valence-corrected chi connectivity index (χ2v) is 5.53. The lowest BCUT2D eigenvalue weighted by molar-refractivity contribution is -0.139. The molecule has 2 rings (SSSR count). The summed E-state index contributed by atoms with van der Waals surface area (Å²) in [4.78, 5) is 24.1. The number of hydrogen-bond donors (Lipinski definition) is 1. The predicted octanol–water partition coefficient (Wildman–Crippen LogP) is 1.84. The Bertz CT molecular complexity index is 741. The van der Waals surface area contributed by atoms with Gasteiger partial charge in [-0.1, -0.05) is 36.8 Å². The van der Waals surface area contributed by atoms with Crippen molar-refractivity contribution < 1.29 is 14.6 Å². The van der Waals surface area contributed by atoms with E-state index in [1.165, 1.54) is 16.2 Å². The monoisotopic (exact) mass is 318 g/mol. The molecule has 6 nitrogen and oxygen atoms in total. The molecule has 1 aromatic heterocycles. The summed E-state index contributed by atoms with van der Waals surface area (Å²) in [5.74, 6) is -0.660. The lowest BCUT2D eigenvalue weighted by Gasteiger charge is -2.05. The Balaban J connectivity index is 2.43. The van der Waals surface area contributed by atoms with E-state index in [9.17, 15) is 14.7 Å². The van der Waals surface area contributed by atoms with Crippen LogP contribution in [-0.4, -0.2) is 27.3 Å². The first-order valence-electron chi connectivity index (χ1n) is 7.61. The second kappa shape index (κ2) is 7.17. The van der Waals surface area contributed by atoms with Crippen LogP contribution >= 0.6 is 0 Å². The van der Waals surface area contributed by atoms with E-state index in [1.54, 1.807) is 0 Å². The molecule has 0 saturated carbocycles. The summed E-state index contributed by atoms with van der Waals surface area (Å²) in [6.45, 7) is 4.62. The number of aromatic nitrogens is 2. The summed E-state index contributed by atoms with van der Waals surface area (Å²) in [5, 5.41) is 10.4. The smallest absolute Gasteiger partial charge is 0.331 e. The number of rotatable bonds is 6. The van der Waals surface area contributed by atoms with Gasteiger partial charge in [0, 0.05) is 6.54 Å². The maximum Gasteiger partial charge on any atom is 0.331 e. The summed E-state index contributed by atoms with van der Waals surface area (Å²) in [6.07, 6.45) is 0.598. The van der Waals surface area contributed by atoms with Crippen LogP contribution in [0.15, 0.2) is 29.1 Å². The minimum atomic E-state index is -0.488. The Labute approximate surface area is 134 Å². The third-order valence-corrected chi connectivity index (χ3v) is 3.75. The van der Waals surface area contributed by atoms with E-state index < -0.39 is 5.97 Å². The highest BCUT2D eigenvalue weighted by Gasteiger charge is 2.21. The normalized spacial score (nSPS) is 10.7. The quantitative estimate of drug-likeness (QED) is 0.825. The van der Waals surface area contributed by atoms with Crippen molar-refractivity contribution in [2.24, 2.45) is 0 Å². The van der Waals surface area contributed by atoms with Gasteiger partial charge in [0.15, 0.2) is 0 Å². The molecule has 0 atom stereocenters. The molecular weight excluding hydrogens is 296 g/mol. The molecule has 1 N–H and O–H groups in total. The Morgan fingerprint density at radius 3 is 2.43 bits per heavy atom.